The van der Waals surface area contributed by atoms with Crippen LogP contribution in [-0.2, 0) is 0 Å². The number of hydrogen-bond acceptors (Lipinski definition) is 4. The van der Waals surface area contributed by atoms with Crippen molar-refractivity contribution in [3.8, 4) is 11.5 Å². The maximum Gasteiger partial charge on any atom is 0.276 e. The summed E-state index contributed by atoms with van der Waals surface area (Å²) in [5.74, 6) is 1.66. The first kappa shape index (κ1) is 17.3. The number of ether oxygens (including phenoxy) is 2. The fourth-order valence-electron chi connectivity index (χ4n) is 3.13. The van der Waals surface area contributed by atoms with Gasteiger partial charge >= 0.3 is 0 Å². The molecule has 2 aromatic rings. The Kier molecular flexibility index (Phi) is 5.53. The molecule has 1 atom stereocenters. The molecule has 5 nitrogen and oxygen atoms in total. The second-order valence-corrected chi connectivity index (χ2v) is 6.39. The average molecular weight is 340 g/mol. The third kappa shape index (κ3) is 4.29. The van der Waals surface area contributed by atoms with Crippen LogP contribution in [0, 0.1) is 12.8 Å². The second-order valence-electron chi connectivity index (χ2n) is 6.39. The number of carbonyl (C=O) groups excluding carboxylic acids is 1. The number of likely N-dealkylation sites (tertiary alicyclic amines) is 1. The molecule has 5 heteroatoms. The van der Waals surface area contributed by atoms with E-state index in [0.717, 1.165) is 30.8 Å². The first-order chi connectivity index (χ1) is 12.2. The molecular weight excluding hydrogens is 316 g/mol. The Morgan fingerprint density at radius 3 is 2.80 bits per heavy atom. The standard InChI is InChI=1S/C20H24N2O3/c1-15-10-11-18(24-2)19(21-15)20(23)22-12-6-7-16(13-22)14-25-17-8-4-3-5-9-17/h3-5,8-11,16H,6-7,12-14H2,1-2H3. The number of benzene rings is 1. The lowest BCUT2D eigenvalue weighted by atomic mass is 9.98. The zero-order valence-electron chi connectivity index (χ0n) is 14.8. The molecule has 0 bridgehead atoms. The number of hydrogen-bond donors (Lipinski definition) is 0. The highest BCUT2D eigenvalue weighted by molar-refractivity contribution is 5.95. The Bertz CT molecular complexity index is 718. The van der Waals surface area contributed by atoms with E-state index in [4.69, 9.17) is 9.47 Å². The average Bonchev–Trinajstić information content (AvgIpc) is 2.67. The minimum Gasteiger partial charge on any atom is -0.494 e. The second kappa shape index (κ2) is 8.01. The SMILES string of the molecule is COc1ccc(C)nc1C(=O)N1CCCC(COc2ccccc2)C1. The number of aromatic nitrogens is 1. The van der Waals surface area contributed by atoms with Crippen LogP contribution in [0.1, 0.15) is 29.0 Å². The van der Waals surface area contributed by atoms with Crippen LogP contribution >= 0.6 is 0 Å². The van der Waals surface area contributed by atoms with Crippen LogP contribution in [0.2, 0.25) is 0 Å². The molecule has 0 saturated carbocycles. The van der Waals surface area contributed by atoms with Crippen molar-refractivity contribution in [2.24, 2.45) is 5.92 Å². The van der Waals surface area contributed by atoms with Gasteiger partial charge in [0.25, 0.3) is 5.91 Å². The fraction of sp³-hybridized carbons (Fsp3) is 0.400. The number of methoxy groups -OCH3 is 1. The van der Waals surface area contributed by atoms with E-state index >= 15 is 0 Å². The highest BCUT2D eigenvalue weighted by atomic mass is 16.5. The topological polar surface area (TPSA) is 51.7 Å². The minimum absolute atomic E-state index is 0.0649. The van der Waals surface area contributed by atoms with Crippen LogP contribution in [0.4, 0.5) is 0 Å². The highest BCUT2D eigenvalue weighted by Crippen LogP contribution is 2.23. The summed E-state index contributed by atoms with van der Waals surface area (Å²) in [6.07, 6.45) is 2.04. The number of piperidine rings is 1. The van der Waals surface area contributed by atoms with Crippen molar-refractivity contribution in [3.63, 3.8) is 0 Å². The van der Waals surface area contributed by atoms with Crippen molar-refractivity contribution < 1.29 is 14.3 Å². The lowest BCUT2D eigenvalue weighted by Gasteiger charge is -2.32. The minimum atomic E-state index is -0.0649. The fourth-order valence-corrected chi connectivity index (χ4v) is 3.13. The molecule has 0 spiro atoms. The third-order valence-corrected chi connectivity index (χ3v) is 4.46. The van der Waals surface area contributed by atoms with Gasteiger partial charge in [0.2, 0.25) is 0 Å². The maximum absolute atomic E-state index is 12.9. The van der Waals surface area contributed by atoms with Crippen LogP contribution in [0.15, 0.2) is 42.5 Å². The van der Waals surface area contributed by atoms with Crippen molar-refractivity contribution in [2.45, 2.75) is 19.8 Å². The highest BCUT2D eigenvalue weighted by Gasteiger charge is 2.27. The van der Waals surface area contributed by atoms with Crippen molar-refractivity contribution >= 4 is 5.91 Å². The first-order valence-corrected chi connectivity index (χ1v) is 8.66. The lowest BCUT2D eigenvalue weighted by Crippen LogP contribution is -2.42. The Balaban J connectivity index is 1.64. The maximum atomic E-state index is 12.9. The van der Waals surface area contributed by atoms with Gasteiger partial charge in [0.1, 0.15) is 11.5 Å². The summed E-state index contributed by atoms with van der Waals surface area (Å²) in [7, 11) is 1.57. The van der Waals surface area contributed by atoms with Crippen LogP contribution in [-0.4, -0.2) is 42.6 Å². The molecule has 1 saturated heterocycles. The van der Waals surface area contributed by atoms with E-state index in [-0.39, 0.29) is 5.91 Å². The molecule has 1 unspecified atom stereocenters. The molecule has 1 amide bonds. The van der Waals surface area contributed by atoms with Crippen LogP contribution < -0.4 is 9.47 Å². The van der Waals surface area contributed by atoms with Gasteiger partial charge in [-0.2, -0.15) is 0 Å². The number of nitrogens with zero attached hydrogens (tertiary/aromatic N) is 2. The van der Waals surface area contributed by atoms with Gasteiger partial charge in [0.15, 0.2) is 5.69 Å². The predicted octanol–water partition coefficient (Wildman–Crippen LogP) is 3.33. The number of amides is 1. The van der Waals surface area contributed by atoms with Gasteiger partial charge in [0.05, 0.1) is 13.7 Å². The summed E-state index contributed by atoms with van der Waals surface area (Å²) < 4.78 is 11.2. The normalized spacial score (nSPS) is 17.2. The van der Waals surface area contributed by atoms with Gasteiger partial charge in [-0.3, -0.25) is 4.79 Å². The van der Waals surface area contributed by atoms with Crippen molar-refractivity contribution in [3.05, 3.63) is 53.9 Å². The number of pyridine rings is 1. The van der Waals surface area contributed by atoms with Crippen molar-refractivity contribution in [2.75, 3.05) is 26.8 Å². The molecular formula is C20H24N2O3. The Morgan fingerprint density at radius 1 is 1.24 bits per heavy atom. The molecule has 1 aromatic carbocycles. The Labute approximate surface area is 148 Å². The quantitative estimate of drug-likeness (QED) is 0.838. The molecule has 0 radical (unpaired) electrons. The van der Waals surface area contributed by atoms with Crippen LogP contribution in [0.5, 0.6) is 11.5 Å². The Morgan fingerprint density at radius 2 is 2.04 bits per heavy atom. The van der Waals surface area contributed by atoms with E-state index in [0.29, 0.717) is 30.5 Å². The third-order valence-electron chi connectivity index (χ3n) is 4.46. The molecule has 0 N–H and O–H groups in total. The molecule has 2 heterocycles. The van der Waals surface area contributed by atoms with Crippen molar-refractivity contribution in [1.82, 2.24) is 9.88 Å². The van der Waals surface area contributed by atoms with Gasteiger partial charge in [-0.15, -0.1) is 0 Å². The number of rotatable bonds is 5. The smallest absolute Gasteiger partial charge is 0.276 e. The van der Waals surface area contributed by atoms with Crippen LogP contribution in [0.25, 0.3) is 0 Å². The van der Waals surface area contributed by atoms with E-state index < -0.39 is 0 Å². The molecule has 132 valence electrons. The van der Waals surface area contributed by atoms with E-state index in [1.165, 1.54) is 0 Å². The molecule has 0 aliphatic carbocycles. The van der Waals surface area contributed by atoms with E-state index in [9.17, 15) is 4.79 Å². The van der Waals surface area contributed by atoms with Gasteiger partial charge in [0, 0.05) is 24.7 Å². The van der Waals surface area contributed by atoms with Gasteiger partial charge in [-0.05, 0) is 44.0 Å². The largest absolute Gasteiger partial charge is 0.494 e. The summed E-state index contributed by atoms with van der Waals surface area (Å²) in [4.78, 5) is 19.2. The summed E-state index contributed by atoms with van der Waals surface area (Å²) in [6, 6.07) is 13.4. The van der Waals surface area contributed by atoms with E-state index in [1.54, 1.807) is 13.2 Å². The van der Waals surface area contributed by atoms with Gasteiger partial charge in [-0.1, -0.05) is 18.2 Å². The summed E-state index contributed by atoms with van der Waals surface area (Å²) in [5, 5.41) is 0. The molecule has 25 heavy (non-hydrogen) atoms. The first-order valence-electron chi connectivity index (χ1n) is 8.66. The zero-order valence-corrected chi connectivity index (χ0v) is 14.8. The van der Waals surface area contributed by atoms with E-state index in [1.807, 2.05) is 48.2 Å². The summed E-state index contributed by atoms with van der Waals surface area (Å²) in [6.45, 7) is 3.93. The van der Waals surface area contributed by atoms with E-state index in [2.05, 4.69) is 4.98 Å². The summed E-state index contributed by atoms with van der Waals surface area (Å²) >= 11 is 0. The Hall–Kier alpha value is -2.56. The lowest BCUT2D eigenvalue weighted by molar-refractivity contribution is 0.0624. The molecule has 1 aliphatic heterocycles. The number of aryl methyl sites for hydroxylation is 1. The van der Waals surface area contributed by atoms with Gasteiger partial charge in [-0.25, -0.2) is 4.98 Å². The van der Waals surface area contributed by atoms with Crippen molar-refractivity contribution in [1.29, 1.82) is 0 Å². The number of para-hydroxylation sites is 1. The molecule has 1 aliphatic rings. The monoisotopic (exact) mass is 340 g/mol. The zero-order chi connectivity index (χ0) is 17.6. The van der Waals surface area contributed by atoms with Crippen LogP contribution in [0.3, 0.4) is 0 Å². The molecule has 3 rings (SSSR count). The predicted molar refractivity (Wildman–Crippen MR) is 96.1 cm³/mol. The molecule has 1 fully saturated rings. The number of carbonyl (C=O) groups is 1. The summed E-state index contributed by atoms with van der Waals surface area (Å²) in [5.41, 5.74) is 1.21. The van der Waals surface area contributed by atoms with Gasteiger partial charge < -0.3 is 14.4 Å². The molecule has 1 aromatic heterocycles.